The molecule has 2 rings (SSSR count). The van der Waals surface area contributed by atoms with Crippen LogP contribution in [0.1, 0.15) is 22.1 Å². The number of aryl methyl sites for hydroxylation is 1. The van der Waals surface area contributed by atoms with Gasteiger partial charge in [0.25, 0.3) is 0 Å². The van der Waals surface area contributed by atoms with Gasteiger partial charge in [0.1, 0.15) is 16.0 Å². The molecule has 0 amide bonds. The summed E-state index contributed by atoms with van der Waals surface area (Å²) < 4.78 is 11.5. The first-order chi connectivity index (χ1) is 9.99. The molecule has 0 aliphatic rings. The van der Waals surface area contributed by atoms with E-state index in [4.69, 9.17) is 32.7 Å². The van der Waals surface area contributed by atoms with E-state index in [2.05, 4.69) is 15.9 Å². The maximum atomic E-state index is 6.62. The zero-order valence-corrected chi connectivity index (χ0v) is 15.0. The average Bonchev–Trinajstić information content (AvgIpc) is 2.49. The molecular formula is C16H15BrCl2O2. The summed E-state index contributed by atoms with van der Waals surface area (Å²) >= 11 is 16.2. The van der Waals surface area contributed by atoms with Crippen LogP contribution in [0.2, 0.25) is 5.02 Å². The van der Waals surface area contributed by atoms with Crippen molar-refractivity contribution in [1.82, 2.24) is 0 Å². The van der Waals surface area contributed by atoms with Gasteiger partial charge in [0.2, 0.25) is 0 Å². The fourth-order valence-electron chi connectivity index (χ4n) is 2.12. The lowest BCUT2D eigenvalue weighted by Gasteiger charge is -2.18. The van der Waals surface area contributed by atoms with E-state index in [1.165, 1.54) is 0 Å². The predicted octanol–water partition coefficient (Wildman–Crippen LogP) is 5.76. The Labute approximate surface area is 143 Å². The van der Waals surface area contributed by atoms with Gasteiger partial charge in [0, 0.05) is 10.6 Å². The lowest BCUT2D eigenvalue weighted by molar-refractivity contribution is 0.386. The van der Waals surface area contributed by atoms with Crippen LogP contribution in [0.5, 0.6) is 11.5 Å². The van der Waals surface area contributed by atoms with Crippen LogP contribution >= 0.6 is 39.1 Å². The van der Waals surface area contributed by atoms with Gasteiger partial charge < -0.3 is 9.47 Å². The minimum Gasteiger partial charge on any atom is -0.495 e. The predicted molar refractivity (Wildman–Crippen MR) is 91.1 cm³/mol. The first kappa shape index (κ1) is 16.5. The third kappa shape index (κ3) is 3.31. The maximum absolute atomic E-state index is 6.62. The highest BCUT2D eigenvalue weighted by atomic mass is 79.9. The molecule has 5 heteroatoms. The molecule has 1 unspecified atom stereocenters. The van der Waals surface area contributed by atoms with Gasteiger partial charge in [-0.15, -0.1) is 11.6 Å². The first-order valence-electron chi connectivity index (χ1n) is 6.30. The molecule has 0 bridgehead atoms. The second-order valence-electron chi connectivity index (χ2n) is 4.58. The normalized spacial score (nSPS) is 12.1. The fourth-order valence-corrected chi connectivity index (χ4v) is 3.23. The van der Waals surface area contributed by atoms with Gasteiger partial charge in [0.05, 0.1) is 19.6 Å². The fraction of sp³-hybridized carbons (Fsp3) is 0.250. The summed E-state index contributed by atoms with van der Waals surface area (Å²) in [6, 6.07) is 9.53. The molecular weight excluding hydrogens is 375 g/mol. The number of hydrogen-bond donors (Lipinski definition) is 0. The van der Waals surface area contributed by atoms with Crippen LogP contribution in [0.3, 0.4) is 0 Å². The number of rotatable bonds is 4. The molecule has 0 N–H and O–H groups in total. The molecule has 0 aliphatic carbocycles. The molecule has 0 spiro atoms. The van der Waals surface area contributed by atoms with E-state index in [-0.39, 0.29) is 5.38 Å². The summed E-state index contributed by atoms with van der Waals surface area (Å²) in [6.45, 7) is 1.95. The summed E-state index contributed by atoms with van der Waals surface area (Å²) in [4.78, 5) is 0. The molecule has 21 heavy (non-hydrogen) atoms. The molecule has 1 atom stereocenters. The molecule has 0 aliphatic heterocycles. The van der Waals surface area contributed by atoms with Crippen LogP contribution < -0.4 is 9.47 Å². The first-order valence-corrected chi connectivity index (χ1v) is 7.90. The van der Waals surface area contributed by atoms with Crippen molar-refractivity contribution in [1.29, 1.82) is 0 Å². The Balaban J connectivity index is 2.50. The van der Waals surface area contributed by atoms with Gasteiger partial charge in [-0.05, 0) is 52.2 Å². The molecule has 0 saturated carbocycles. The van der Waals surface area contributed by atoms with Gasteiger partial charge in [-0.2, -0.15) is 0 Å². The smallest absolute Gasteiger partial charge is 0.141 e. The standard InChI is InChI=1S/C16H15BrCl2O2/c1-9-8-10(4-6-12(9)18)15(19)11-5-7-13(20-2)14(17)16(11)21-3/h4-8,15H,1-3H3. The van der Waals surface area contributed by atoms with Crippen LogP contribution in [0, 0.1) is 6.92 Å². The number of alkyl halides is 1. The van der Waals surface area contributed by atoms with E-state index in [0.717, 1.165) is 26.2 Å². The van der Waals surface area contributed by atoms with Crippen molar-refractivity contribution in [3.63, 3.8) is 0 Å². The van der Waals surface area contributed by atoms with Crippen molar-refractivity contribution in [3.05, 3.63) is 56.5 Å². The highest BCUT2D eigenvalue weighted by Crippen LogP contribution is 2.43. The number of hydrogen-bond acceptors (Lipinski definition) is 2. The molecule has 0 heterocycles. The Morgan fingerprint density at radius 2 is 1.81 bits per heavy atom. The van der Waals surface area contributed by atoms with Gasteiger partial charge >= 0.3 is 0 Å². The zero-order valence-electron chi connectivity index (χ0n) is 11.9. The Hall–Kier alpha value is -0.900. The minimum absolute atomic E-state index is 0.335. The van der Waals surface area contributed by atoms with Crippen LogP contribution in [0.15, 0.2) is 34.8 Å². The van der Waals surface area contributed by atoms with Crippen molar-refractivity contribution < 1.29 is 9.47 Å². The second kappa shape index (κ2) is 6.91. The van der Waals surface area contributed by atoms with Gasteiger partial charge in [-0.3, -0.25) is 0 Å². The highest BCUT2D eigenvalue weighted by molar-refractivity contribution is 9.10. The lowest BCUT2D eigenvalue weighted by atomic mass is 10.0. The van der Waals surface area contributed by atoms with Gasteiger partial charge in [-0.1, -0.05) is 23.7 Å². The summed E-state index contributed by atoms with van der Waals surface area (Å²) in [5.74, 6) is 1.37. The summed E-state index contributed by atoms with van der Waals surface area (Å²) in [5.41, 5.74) is 2.83. The van der Waals surface area contributed by atoms with Crippen LogP contribution in [0.25, 0.3) is 0 Å². The van der Waals surface area contributed by atoms with Crippen molar-refractivity contribution in [2.75, 3.05) is 14.2 Å². The molecule has 112 valence electrons. The van der Waals surface area contributed by atoms with Crippen molar-refractivity contribution in [3.8, 4) is 11.5 Å². The Morgan fingerprint density at radius 3 is 2.38 bits per heavy atom. The molecule has 0 radical (unpaired) electrons. The largest absolute Gasteiger partial charge is 0.495 e. The molecule has 0 saturated heterocycles. The summed E-state index contributed by atoms with van der Waals surface area (Å²) in [5, 5.41) is 0.392. The quantitative estimate of drug-likeness (QED) is 0.619. The number of halogens is 3. The topological polar surface area (TPSA) is 18.5 Å². The summed E-state index contributed by atoms with van der Waals surface area (Å²) in [6.07, 6.45) is 0. The number of methoxy groups -OCH3 is 2. The lowest BCUT2D eigenvalue weighted by Crippen LogP contribution is -2.00. The van der Waals surface area contributed by atoms with Crippen LogP contribution in [0.4, 0.5) is 0 Å². The maximum Gasteiger partial charge on any atom is 0.141 e. The monoisotopic (exact) mass is 388 g/mol. The molecule has 0 fully saturated rings. The Morgan fingerprint density at radius 1 is 1.10 bits per heavy atom. The van der Waals surface area contributed by atoms with Crippen molar-refractivity contribution in [2.24, 2.45) is 0 Å². The molecule has 2 aromatic rings. The average molecular weight is 390 g/mol. The third-order valence-electron chi connectivity index (χ3n) is 3.26. The molecule has 2 aromatic carbocycles. The number of ether oxygens (including phenoxy) is 2. The van der Waals surface area contributed by atoms with Crippen molar-refractivity contribution in [2.45, 2.75) is 12.3 Å². The highest BCUT2D eigenvalue weighted by Gasteiger charge is 2.20. The molecule has 2 nitrogen and oxygen atoms in total. The van der Waals surface area contributed by atoms with Crippen LogP contribution in [-0.2, 0) is 0 Å². The van der Waals surface area contributed by atoms with E-state index in [1.807, 2.05) is 37.3 Å². The Bertz CT molecular complexity index is 659. The SMILES string of the molecule is COc1ccc(C(Cl)c2ccc(Cl)c(C)c2)c(OC)c1Br. The van der Waals surface area contributed by atoms with Gasteiger partial charge in [0.15, 0.2) is 0 Å². The van der Waals surface area contributed by atoms with E-state index in [0.29, 0.717) is 11.5 Å². The second-order valence-corrected chi connectivity index (χ2v) is 6.21. The van der Waals surface area contributed by atoms with Crippen molar-refractivity contribution >= 4 is 39.1 Å². The summed E-state index contributed by atoms with van der Waals surface area (Å²) in [7, 11) is 3.22. The van der Waals surface area contributed by atoms with Crippen LogP contribution in [-0.4, -0.2) is 14.2 Å². The molecule has 0 aromatic heterocycles. The van der Waals surface area contributed by atoms with E-state index in [9.17, 15) is 0 Å². The third-order valence-corrected chi connectivity index (χ3v) is 4.93. The van der Waals surface area contributed by atoms with E-state index in [1.54, 1.807) is 14.2 Å². The minimum atomic E-state index is -0.335. The van der Waals surface area contributed by atoms with Gasteiger partial charge in [-0.25, -0.2) is 0 Å². The Kier molecular flexibility index (Phi) is 5.42. The number of benzene rings is 2. The zero-order chi connectivity index (χ0) is 15.6. The van der Waals surface area contributed by atoms with E-state index >= 15 is 0 Å². The van der Waals surface area contributed by atoms with E-state index < -0.39 is 0 Å².